The first-order valence-corrected chi connectivity index (χ1v) is 5.68. The molecule has 3 heteroatoms. The highest BCUT2D eigenvalue weighted by atomic mass is 19.1. The number of unbranched alkanes of at least 4 members (excludes halogenated alkanes) is 1. The Kier molecular flexibility index (Phi) is 4.96. The summed E-state index contributed by atoms with van der Waals surface area (Å²) in [5.74, 6) is -0.202. The number of benzene rings is 1. The molecule has 88 valence electrons. The normalized spacial score (nSPS) is 12.2. The molecule has 0 spiro atoms. The second-order valence-electron chi connectivity index (χ2n) is 3.94. The van der Waals surface area contributed by atoms with Gasteiger partial charge in [0.15, 0.2) is 0 Å². The van der Waals surface area contributed by atoms with Gasteiger partial charge in [-0.2, -0.15) is 0 Å². The minimum absolute atomic E-state index is 0.0543. The zero-order valence-electron chi connectivity index (χ0n) is 9.79. The van der Waals surface area contributed by atoms with Crippen LogP contribution in [0.25, 0.3) is 0 Å². The monoisotopic (exact) mass is 223 g/mol. The van der Waals surface area contributed by atoms with E-state index in [-0.39, 0.29) is 17.8 Å². The summed E-state index contributed by atoms with van der Waals surface area (Å²) in [6.07, 6.45) is 2.47. The lowest BCUT2D eigenvalue weighted by molar-refractivity contribution is -0.121. The number of hydrogen-bond acceptors (Lipinski definition) is 1. The molecular weight excluding hydrogens is 205 g/mol. The van der Waals surface area contributed by atoms with Crippen LogP contribution in [0.4, 0.5) is 4.39 Å². The molecule has 0 fully saturated rings. The van der Waals surface area contributed by atoms with E-state index in [0.717, 1.165) is 18.4 Å². The van der Waals surface area contributed by atoms with E-state index in [1.165, 1.54) is 12.1 Å². The Morgan fingerprint density at radius 2 is 2.00 bits per heavy atom. The molecule has 0 aliphatic heterocycles. The third kappa shape index (κ3) is 4.01. The highest BCUT2D eigenvalue weighted by Gasteiger charge is 2.08. The highest BCUT2D eigenvalue weighted by Crippen LogP contribution is 2.13. The standard InChI is InChI=1S/C13H18FNO/c1-3-4-5-13(16)15-10(2)11-6-8-12(14)9-7-11/h6-10H,3-5H2,1-2H3,(H,15,16). The van der Waals surface area contributed by atoms with E-state index in [1.54, 1.807) is 12.1 Å². The Labute approximate surface area is 95.9 Å². The van der Waals surface area contributed by atoms with Crippen LogP contribution in [0.5, 0.6) is 0 Å². The molecule has 1 atom stereocenters. The van der Waals surface area contributed by atoms with Crippen molar-refractivity contribution in [3.05, 3.63) is 35.6 Å². The van der Waals surface area contributed by atoms with Gasteiger partial charge in [-0.3, -0.25) is 4.79 Å². The molecule has 0 saturated carbocycles. The van der Waals surface area contributed by atoms with Crippen molar-refractivity contribution in [2.45, 2.75) is 39.2 Å². The molecule has 1 rings (SSSR count). The fourth-order valence-corrected chi connectivity index (χ4v) is 1.49. The predicted octanol–water partition coefficient (Wildman–Crippen LogP) is 3.19. The summed E-state index contributed by atoms with van der Waals surface area (Å²) in [5.41, 5.74) is 0.922. The van der Waals surface area contributed by atoms with Crippen LogP contribution in [0.2, 0.25) is 0 Å². The van der Waals surface area contributed by atoms with Gasteiger partial charge in [0, 0.05) is 6.42 Å². The van der Waals surface area contributed by atoms with Crippen molar-refractivity contribution in [3.8, 4) is 0 Å². The molecule has 0 saturated heterocycles. The summed E-state index contributed by atoms with van der Waals surface area (Å²) in [5, 5.41) is 2.89. The molecule has 0 heterocycles. The quantitative estimate of drug-likeness (QED) is 0.816. The summed E-state index contributed by atoms with van der Waals surface area (Å²) in [4.78, 5) is 11.5. The van der Waals surface area contributed by atoms with E-state index in [4.69, 9.17) is 0 Å². The second-order valence-corrected chi connectivity index (χ2v) is 3.94. The molecule has 0 aliphatic carbocycles. The third-order valence-corrected chi connectivity index (χ3v) is 2.50. The Balaban J connectivity index is 2.48. The van der Waals surface area contributed by atoms with Gasteiger partial charge in [0.2, 0.25) is 5.91 Å². The van der Waals surface area contributed by atoms with Crippen LogP contribution in [0.3, 0.4) is 0 Å². The van der Waals surface area contributed by atoms with Crippen molar-refractivity contribution >= 4 is 5.91 Å². The number of carbonyl (C=O) groups excluding carboxylic acids is 1. The van der Waals surface area contributed by atoms with Gasteiger partial charge in [0.25, 0.3) is 0 Å². The van der Waals surface area contributed by atoms with Crippen molar-refractivity contribution in [3.63, 3.8) is 0 Å². The summed E-state index contributed by atoms with van der Waals surface area (Å²) in [6.45, 7) is 3.95. The maximum Gasteiger partial charge on any atom is 0.220 e. The lowest BCUT2D eigenvalue weighted by Gasteiger charge is -2.14. The minimum atomic E-state index is -0.256. The van der Waals surface area contributed by atoms with E-state index < -0.39 is 0 Å². The maximum atomic E-state index is 12.7. The molecule has 16 heavy (non-hydrogen) atoms. The van der Waals surface area contributed by atoms with Crippen molar-refractivity contribution in [2.24, 2.45) is 0 Å². The van der Waals surface area contributed by atoms with Crippen LogP contribution in [0.1, 0.15) is 44.7 Å². The van der Waals surface area contributed by atoms with Gasteiger partial charge in [-0.15, -0.1) is 0 Å². The first kappa shape index (κ1) is 12.7. The zero-order valence-corrected chi connectivity index (χ0v) is 9.79. The van der Waals surface area contributed by atoms with Gasteiger partial charge < -0.3 is 5.32 Å². The Bertz CT molecular complexity index is 334. The molecule has 0 radical (unpaired) electrons. The van der Waals surface area contributed by atoms with E-state index >= 15 is 0 Å². The molecule has 1 amide bonds. The Hall–Kier alpha value is -1.38. The van der Waals surface area contributed by atoms with E-state index in [9.17, 15) is 9.18 Å². The molecule has 0 aromatic heterocycles. The smallest absolute Gasteiger partial charge is 0.220 e. The van der Waals surface area contributed by atoms with E-state index in [1.807, 2.05) is 6.92 Å². The van der Waals surface area contributed by atoms with Crippen LogP contribution < -0.4 is 5.32 Å². The Morgan fingerprint density at radius 3 is 2.56 bits per heavy atom. The SMILES string of the molecule is CCCCC(=O)NC(C)c1ccc(F)cc1. The van der Waals surface area contributed by atoms with Crippen LogP contribution in [-0.2, 0) is 4.79 Å². The van der Waals surface area contributed by atoms with E-state index in [0.29, 0.717) is 6.42 Å². The van der Waals surface area contributed by atoms with Gasteiger partial charge in [-0.1, -0.05) is 25.5 Å². The second kappa shape index (κ2) is 6.26. The summed E-state index contributed by atoms with van der Waals surface area (Å²) >= 11 is 0. The van der Waals surface area contributed by atoms with Crippen molar-refractivity contribution in [1.82, 2.24) is 5.32 Å². The fraction of sp³-hybridized carbons (Fsp3) is 0.462. The maximum absolute atomic E-state index is 12.7. The molecule has 1 unspecified atom stereocenters. The van der Waals surface area contributed by atoms with Crippen LogP contribution in [-0.4, -0.2) is 5.91 Å². The zero-order chi connectivity index (χ0) is 12.0. The van der Waals surface area contributed by atoms with Gasteiger partial charge in [0.05, 0.1) is 6.04 Å². The summed E-state index contributed by atoms with van der Waals surface area (Å²) < 4.78 is 12.7. The average Bonchev–Trinajstić information content (AvgIpc) is 2.27. The average molecular weight is 223 g/mol. The van der Waals surface area contributed by atoms with Crippen molar-refractivity contribution < 1.29 is 9.18 Å². The third-order valence-electron chi connectivity index (χ3n) is 2.50. The molecule has 0 aliphatic rings. The lowest BCUT2D eigenvalue weighted by Crippen LogP contribution is -2.26. The number of amides is 1. The number of hydrogen-bond donors (Lipinski definition) is 1. The molecule has 2 nitrogen and oxygen atoms in total. The summed E-state index contributed by atoms with van der Waals surface area (Å²) in [7, 11) is 0. The van der Waals surface area contributed by atoms with Crippen molar-refractivity contribution in [2.75, 3.05) is 0 Å². The van der Waals surface area contributed by atoms with Gasteiger partial charge in [-0.25, -0.2) is 4.39 Å². The lowest BCUT2D eigenvalue weighted by atomic mass is 10.1. The highest BCUT2D eigenvalue weighted by molar-refractivity contribution is 5.76. The first-order chi connectivity index (χ1) is 7.63. The molecule has 1 aromatic rings. The topological polar surface area (TPSA) is 29.1 Å². The van der Waals surface area contributed by atoms with Gasteiger partial charge >= 0.3 is 0 Å². The van der Waals surface area contributed by atoms with Crippen molar-refractivity contribution in [1.29, 1.82) is 0 Å². The number of nitrogens with one attached hydrogen (secondary N) is 1. The van der Waals surface area contributed by atoms with Gasteiger partial charge in [0.1, 0.15) is 5.82 Å². The fourth-order valence-electron chi connectivity index (χ4n) is 1.49. The molecule has 1 aromatic carbocycles. The predicted molar refractivity (Wildman–Crippen MR) is 62.5 cm³/mol. The number of rotatable bonds is 5. The minimum Gasteiger partial charge on any atom is -0.350 e. The number of halogens is 1. The molecular formula is C13H18FNO. The summed E-state index contributed by atoms with van der Waals surface area (Å²) in [6, 6.07) is 6.14. The number of carbonyl (C=O) groups is 1. The Morgan fingerprint density at radius 1 is 1.38 bits per heavy atom. The van der Waals surface area contributed by atoms with Crippen LogP contribution >= 0.6 is 0 Å². The largest absolute Gasteiger partial charge is 0.350 e. The first-order valence-electron chi connectivity index (χ1n) is 5.68. The molecule has 0 bridgehead atoms. The van der Waals surface area contributed by atoms with Crippen LogP contribution in [0, 0.1) is 5.82 Å². The van der Waals surface area contributed by atoms with E-state index in [2.05, 4.69) is 12.2 Å². The van der Waals surface area contributed by atoms with Crippen LogP contribution in [0.15, 0.2) is 24.3 Å². The van der Waals surface area contributed by atoms with Gasteiger partial charge in [-0.05, 0) is 31.0 Å². The molecule has 1 N–H and O–H groups in total.